The van der Waals surface area contributed by atoms with Crippen molar-refractivity contribution < 1.29 is 30.7 Å². The van der Waals surface area contributed by atoms with E-state index in [9.17, 15) is 22.0 Å². The van der Waals surface area contributed by atoms with Crippen molar-refractivity contribution in [3.63, 3.8) is 0 Å². The van der Waals surface area contributed by atoms with Gasteiger partial charge >= 0.3 is 18.0 Å². The molecule has 0 saturated carbocycles. The van der Waals surface area contributed by atoms with E-state index in [0.717, 1.165) is 24.3 Å². The maximum atomic E-state index is 15.0. The Kier molecular flexibility index (Phi) is 5.07. The fourth-order valence-corrected chi connectivity index (χ4v) is 3.64. The van der Waals surface area contributed by atoms with E-state index in [-0.39, 0.29) is 16.3 Å². The lowest BCUT2D eigenvalue weighted by atomic mass is 9.68. The third-order valence-electron chi connectivity index (χ3n) is 4.60. The van der Waals surface area contributed by atoms with E-state index < -0.39 is 35.4 Å². The number of aliphatic imine (C=N–C) groups is 1. The number of halogens is 9. The van der Waals surface area contributed by atoms with Crippen molar-refractivity contribution in [3.8, 4) is 0 Å². The number of alkyl halides is 7. The van der Waals surface area contributed by atoms with Gasteiger partial charge in [-0.3, -0.25) is 4.99 Å². The molecule has 1 nitrogen and oxygen atoms in total. The number of nitrogens with zero attached hydrogens (tertiary/aromatic N) is 1. The van der Waals surface area contributed by atoms with Gasteiger partial charge < -0.3 is 0 Å². The molecule has 0 radical (unpaired) electrons. The van der Waals surface area contributed by atoms with Crippen LogP contribution in [0.3, 0.4) is 0 Å². The lowest BCUT2D eigenvalue weighted by Crippen LogP contribution is -2.64. The molecule has 10 heteroatoms. The predicted octanol–water partition coefficient (Wildman–Crippen LogP) is 7.13. The molecule has 1 aliphatic rings. The summed E-state index contributed by atoms with van der Waals surface area (Å²) in [6, 6.07) is 8.64. The summed E-state index contributed by atoms with van der Waals surface area (Å²) >= 11 is 8.85. The summed E-state index contributed by atoms with van der Waals surface area (Å²) in [6.07, 6.45) is -6.79. The minimum atomic E-state index is -6.46. The third-order valence-corrected chi connectivity index (χ3v) is 5.35. The number of fused-ring (bicyclic) bond motifs is 1. The van der Waals surface area contributed by atoms with Crippen LogP contribution in [0.25, 0.3) is 0 Å². The third kappa shape index (κ3) is 3.12. The van der Waals surface area contributed by atoms with Crippen LogP contribution in [-0.4, -0.2) is 24.2 Å². The van der Waals surface area contributed by atoms with Crippen LogP contribution >= 0.6 is 27.5 Å². The molecule has 1 aliphatic heterocycles. The van der Waals surface area contributed by atoms with Gasteiger partial charge in [-0.2, -0.15) is 30.7 Å². The van der Waals surface area contributed by atoms with Crippen LogP contribution in [0.1, 0.15) is 11.1 Å². The number of benzene rings is 2. The summed E-state index contributed by atoms with van der Waals surface area (Å²) in [5.74, 6) is -11.8. The molecule has 0 amide bonds. The first kappa shape index (κ1) is 21.1. The first-order valence-corrected chi connectivity index (χ1v) is 8.91. The molecule has 2 aromatic rings. The summed E-state index contributed by atoms with van der Waals surface area (Å²) in [4.78, 5) is 3.79. The van der Waals surface area contributed by atoms with Crippen molar-refractivity contribution in [2.24, 2.45) is 4.99 Å². The van der Waals surface area contributed by atoms with Crippen molar-refractivity contribution in [2.75, 3.05) is 0 Å². The summed E-state index contributed by atoms with van der Waals surface area (Å²) in [7, 11) is 0. The second kappa shape index (κ2) is 6.73. The molecule has 0 saturated heterocycles. The molecule has 3 rings (SSSR count). The van der Waals surface area contributed by atoms with Gasteiger partial charge in [-0.25, -0.2) is 0 Å². The molecular formula is C18H10BrClF7N. The lowest BCUT2D eigenvalue weighted by Gasteiger charge is -2.43. The molecule has 0 N–H and O–H groups in total. The second-order valence-electron chi connectivity index (χ2n) is 6.33. The molecule has 1 atom stereocenters. The quantitative estimate of drug-likeness (QED) is 0.408. The highest BCUT2D eigenvalue weighted by atomic mass is 79.9. The number of hydrogen-bond donors (Lipinski definition) is 0. The van der Waals surface area contributed by atoms with Crippen molar-refractivity contribution in [1.82, 2.24) is 0 Å². The SMILES string of the molecule is FC(F)(F)C(F)(F)C(F)(F)[C@]1(c2ccc(Cl)cc2)C=Nc2ccc(Br)cc2C1. The van der Waals surface area contributed by atoms with Crippen molar-refractivity contribution in [2.45, 2.75) is 29.9 Å². The summed E-state index contributed by atoms with van der Waals surface area (Å²) in [5, 5.41) is 0.112. The maximum Gasteiger partial charge on any atom is 0.459 e. The number of hydrogen-bond acceptors (Lipinski definition) is 1. The van der Waals surface area contributed by atoms with E-state index >= 15 is 8.78 Å². The van der Waals surface area contributed by atoms with Gasteiger partial charge in [0.2, 0.25) is 0 Å². The van der Waals surface area contributed by atoms with Gasteiger partial charge in [0.1, 0.15) is 5.41 Å². The molecule has 1 heterocycles. The monoisotopic (exact) mass is 487 g/mol. The first-order chi connectivity index (χ1) is 12.8. The highest BCUT2D eigenvalue weighted by Crippen LogP contribution is 2.57. The molecule has 0 bridgehead atoms. The van der Waals surface area contributed by atoms with Gasteiger partial charge in [-0.05, 0) is 47.9 Å². The summed E-state index contributed by atoms with van der Waals surface area (Å²) in [6.45, 7) is 0. The molecule has 0 spiro atoms. The lowest BCUT2D eigenvalue weighted by molar-refractivity contribution is -0.364. The van der Waals surface area contributed by atoms with Crippen molar-refractivity contribution in [1.29, 1.82) is 0 Å². The average molecular weight is 489 g/mol. The molecular weight excluding hydrogens is 479 g/mol. The predicted molar refractivity (Wildman–Crippen MR) is 95.1 cm³/mol. The molecule has 28 heavy (non-hydrogen) atoms. The highest BCUT2D eigenvalue weighted by molar-refractivity contribution is 9.10. The van der Waals surface area contributed by atoms with Crippen LogP contribution in [0, 0.1) is 0 Å². The van der Waals surface area contributed by atoms with Gasteiger partial charge in [-0.15, -0.1) is 0 Å². The molecule has 0 fully saturated rings. The Labute approximate surface area is 168 Å². The normalized spacial score (nSPS) is 20.2. The standard InChI is InChI=1S/C18H10BrClF7N/c19-12-3-6-14-10(7-12)8-15(9-28-14,11-1-4-13(20)5-2-11)16(21,22)17(23,24)18(25,26)27/h1-7,9H,8H2/t15-/m0/s1. The first-order valence-electron chi connectivity index (χ1n) is 7.74. The van der Waals surface area contributed by atoms with Gasteiger partial charge in [0.05, 0.1) is 5.69 Å². The highest BCUT2D eigenvalue weighted by Gasteiger charge is 2.79. The minimum absolute atomic E-state index is 0.101. The van der Waals surface area contributed by atoms with Crippen LogP contribution in [-0.2, 0) is 11.8 Å². The Morgan fingerprint density at radius 2 is 1.54 bits per heavy atom. The summed E-state index contributed by atoms with van der Waals surface area (Å²) < 4.78 is 97.1. The Morgan fingerprint density at radius 3 is 2.11 bits per heavy atom. The minimum Gasteiger partial charge on any atom is -0.260 e. The molecule has 0 aromatic heterocycles. The second-order valence-corrected chi connectivity index (χ2v) is 7.68. The Balaban J connectivity index is 2.27. The van der Waals surface area contributed by atoms with E-state index in [0.29, 0.717) is 10.7 Å². The van der Waals surface area contributed by atoms with Crippen LogP contribution in [0.2, 0.25) is 5.02 Å². The molecule has 150 valence electrons. The van der Waals surface area contributed by atoms with Crippen LogP contribution in [0.4, 0.5) is 36.4 Å². The zero-order chi connectivity index (χ0) is 21.0. The fraction of sp³-hybridized carbons (Fsp3) is 0.278. The van der Waals surface area contributed by atoms with Gasteiger partial charge in [0, 0.05) is 15.7 Å². The Bertz CT molecular complexity index is 925. The van der Waals surface area contributed by atoms with Gasteiger partial charge in [0.15, 0.2) is 0 Å². The topological polar surface area (TPSA) is 12.4 Å². The molecule has 0 aliphatic carbocycles. The van der Waals surface area contributed by atoms with E-state index in [1.807, 2.05) is 0 Å². The van der Waals surface area contributed by atoms with Crippen LogP contribution in [0.5, 0.6) is 0 Å². The van der Waals surface area contributed by atoms with Crippen molar-refractivity contribution >= 4 is 39.4 Å². The van der Waals surface area contributed by atoms with Crippen LogP contribution in [0.15, 0.2) is 51.9 Å². The van der Waals surface area contributed by atoms with Crippen molar-refractivity contribution in [3.05, 3.63) is 63.1 Å². The van der Waals surface area contributed by atoms with E-state index in [4.69, 9.17) is 11.6 Å². The maximum absolute atomic E-state index is 15.0. The number of rotatable bonds is 3. The zero-order valence-electron chi connectivity index (χ0n) is 13.7. The summed E-state index contributed by atoms with van der Waals surface area (Å²) in [5.41, 5.74) is -3.19. The fourth-order valence-electron chi connectivity index (χ4n) is 3.10. The molecule has 2 aromatic carbocycles. The molecule has 0 unspecified atom stereocenters. The zero-order valence-corrected chi connectivity index (χ0v) is 16.0. The van der Waals surface area contributed by atoms with Gasteiger partial charge in [-0.1, -0.05) is 39.7 Å². The van der Waals surface area contributed by atoms with E-state index in [2.05, 4.69) is 20.9 Å². The average Bonchev–Trinajstić information content (AvgIpc) is 2.60. The van der Waals surface area contributed by atoms with Gasteiger partial charge in [0.25, 0.3) is 0 Å². The largest absolute Gasteiger partial charge is 0.459 e. The van der Waals surface area contributed by atoms with Crippen LogP contribution < -0.4 is 0 Å². The van der Waals surface area contributed by atoms with E-state index in [1.54, 1.807) is 6.07 Å². The van der Waals surface area contributed by atoms with E-state index in [1.165, 1.54) is 12.1 Å². The smallest absolute Gasteiger partial charge is 0.260 e. The Hall–Kier alpha value is -1.61. The Morgan fingerprint density at radius 1 is 0.929 bits per heavy atom.